The quantitative estimate of drug-likeness (QED) is 0.401. The van der Waals surface area contributed by atoms with Crippen LogP contribution in [-0.2, 0) is 13.6 Å². The molecule has 1 heterocycles. The Labute approximate surface area is 179 Å². The molecule has 0 radical (unpaired) electrons. The van der Waals surface area contributed by atoms with Crippen LogP contribution in [0.15, 0.2) is 65.7 Å². The third kappa shape index (κ3) is 4.04. The van der Waals surface area contributed by atoms with Gasteiger partial charge in [0.2, 0.25) is 5.62 Å². The minimum Gasteiger partial charge on any atom is -0.497 e. The summed E-state index contributed by atoms with van der Waals surface area (Å²) in [4.78, 5) is 4.88. The first kappa shape index (κ1) is 19.6. The van der Waals surface area contributed by atoms with E-state index in [0.29, 0.717) is 22.3 Å². The van der Waals surface area contributed by atoms with Gasteiger partial charge in [0.1, 0.15) is 5.75 Å². The number of benzene rings is 3. The van der Waals surface area contributed by atoms with Crippen molar-refractivity contribution in [3.8, 4) is 5.75 Å². The van der Waals surface area contributed by atoms with Gasteiger partial charge in [-0.1, -0.05) is 53.0 Å². The Morgan fingerprint density at radius 3 is 2.24 bits per heavy atom. The second-order valence-corrected chi connectivity index (χ2v) is 7.90. The van der Waals surface area contributed by atoms with Gasteiger partial charge in [-0.05, 0) is 42.8 Å². The van der Waals surface area contributed by atoms with Gasteiger partial charge in [0, 0.05) is 23.2 Å². The lowest BCUT2D eigenvalue weighted by Gasteiger charge is -2.07. The average molecular weight is 426 g/mol. The van der Waals surface area contributed by atoms with Crippen LogP contribution in [0.5, 0.6) is 5.75 Å². The van der Waals surface area contributed by atoms with Crippen molar-refractivity contribution in [2.45, 2.75) is 13.5 Å². The molecule has 1 aromatic heterocycles. The van der Waals surface area contributed by atoms with E-state index in [1.807, 2.05) is 37.4 Å². The van der Waals surface area contributed by atoms with E-state index < -0.39 is 0 Å². The molecule has 0 amide bonds. The fraction of sp³-hybridized carbons (Fsp3) is 0.174. The number of aromatic nitrogens is 2. The van der Waals surface area contributed by atoms with Crippen LogP contribution in [0.3, 0.4) is 0 Å². The van der Waals surface area contributed by atoms with Crippen molar-refractivity contribution in [1.82, 2.24) is 9.13 Å². The highest BCUT2D eigenvalue weighted by atomic mass is 35.5. The number of aryl methyl sites for hydroxylation is 2. The van der Waals surface area contributed by atoms with Crippen molar-refractivity contribution in [3.63, 3.8) is 0 Å². The maximum atomic E-state index is 6.18. The van der Waals surface area contributed by atoms with Crippen LogP contribution >= 0.6 is 23.2 Å². The molecule has 0 aliphatic heterocycles. The number of nitrogens with zero attached hydrogens (tertiary/aromatic N) is 3. The lowest BCUT2D eigenvalue weighted by Crippen LogP contribution is -2.24. The van der Waals surface area contributed by atoms with Crippen LogP contribution in [0.25, 0.3) is 11.0 Å². The first-order chi connectivity index (χ1) is 13.9. The number of rotatable bonds is 4. The van der Waals surface area contributed by atoms with Crippen LogP contribution in [0, 0.1) is 6.92 Å². The standard InChI is InChI=1S/C23H21Cl2N3O/c1-15-4-6-16(7-5-15)14-28-22-13-20(29-3)8-9-21(22)27(2)23(28)26-19-11-17(24)10-18(25)12-19/h4-13H,14H2,1-3H3. The second-order valence-electron chi connectivity index (χ2n) is 7.02. The summed E-state index contributed by atoms with van der Waals surface area (Å²) in [5.74, 6) is 0.804. The number of fused-ring (bicyclic) bond motifs is 1. The second kappa shape index (κ2) is 7.97. The van der Waals surface area contributed by atoms with Crippen LogP contribution in [0.1, 0.15) is 11.1 Å². The number of hydrogen-bond acceptors (Lipinski definition) is 2. The predicted molar refractivity (Wildman–Crippen MR) is 119 cm³/mol. The Bertz CT molecular complexity index is 1230. The van der Waals surface area contributed by atoms with E-state index in [4.69, 9.17) is 32.9 Å². The molecule has 4 nitrogen and oxygen atoms in total. The van der Waals surface area contributed by atoms with Gasteiger partial charge in [-0.15, -0.1) is 0 Å². The van der Waals surface area contributed by atoms with E-state index in [1.54, 1.807) is 13.2 Å². The monoisotopic (exact) mass is 425 g/mol. The molecule has 148 valence electrons. The fourth-order valence-corrected chi connectivity index (χ4v) is 3.93. The predicted octanol–water partition coefficient (Wildman–Crippen LogP) is 5.88. The molecule has 29 heavy (non-hydrogen) atoms. The van der Waals surface area contributed by atoms with E-state index >= 15 is 0 Å². The number of imidazole rings is 1. The number of halogens is 2. The topological polar surface area (TPSA) is 31.4 Å². The molecular formula is C23H21Cl2N3O. The summed E-state index contributed by atoms with van der Waals surface area (Å²) in [6.45, 7) is 2.77. The van der Waals surface area contributed by atoms with Crippen molar-refractivity contribution in [3.05, 3.63) is 87.5 Å². The molecule has 0 fully saturated rings. The summed E-state index contributed by atoms with van der Waals surface area (Å²) in [6, 6.07) is 19.9. The zero-order valence-corrected chi connectivity index (χ0v) is 18.0. The van der Waals surface area contributed by atoms with Crippen LogP contribution in [-0.4, -0.2) is 16.2 Å². The third-order valence-corrected chi connectivity index (χ3v) is 5.35. The molecule has 4 rings (SSSR count). The minimum absolute atomic E-state index is 0.557. The molecule has 0 unspecified atom stereocenters. The summed E-state index contributed by atoms with van der Waals surface area (Å²) >= 11 is 12.4. The first-order valence-corrected chi connectivity index (χ1v) is 10.00. The zero-order chi connectivity index (χ0) is 20.5. The van der Waals surface area contributed by atoms with Crippen molar-refractivity contribution in [2.24, 2.45) is 12.0 Å². The van der Waals surface area contributed by atoms with E-state index in [-0.39, 0.29) is 0 Å². The lowest BCUT2D eigenvalue weighted by molar-refractivity contribution is 0.415. The highest BCUT2D eigenvalue weighted by Gasteiger charge is 2.12. The molecule has 3 aromatic carbocycles. The Balaban J connectivity index is 1.97. The van der Waals surface area contributed by atoms with E-state index in [0.717, 1.165) is 22.4 Å². The lowest BCUT2D eigenvalue weighted by atomic mass is 10.1. The summed E-state index contributed by atoms with van der Waals surface area (Å²) in [5, 5.41) is 1.11. The summed E-state index contributed by atoms with van der Waals surface area (Å²) < 4.78 is 9.70. The van der Waals surface area contributed by atoms with E-state index in [2.05, 4.69) is 40.3 Å². The number of methoxy groups -OCH3 is 1. The zero-order valence-electron chi connectivity index (χ0n) is 16.5. The van der Waals surface area contributed by atoms with Gasteiger partial charge >= 0.3 is 0 Å². The van der Waals surface area contributed by atoms with Gasteiger partial charge in [0.25, 0.3) is 0 Å². The Morgan fingerprint density at radius 1 is 0.897 bits per heavy atom. The summed E-state index contributed by atoms with van der Waals surface area (Å²) in [7, 11) is 3.68. The van der Waals surface area contributed by atoms with Crippen LogP contribution in [0.4, 0.5) is 5.69 Å². The number of ether oxygens (including phenoxy) is 1. The molecule has 0 saturated heterocycles. The van der Waals surface area contributed by atoms with Gasteiger partial charge in [0.15, 0.2) is 0 Å². The maximum absolute atomic E-state index is 6.18. The van der Waals surface area contributed by atoms with E-state index in [9.17, 15) is 0 Å². The Kier molecular flexibility index (Phi) is 5.39. The number of hydrogen-bond donors (Lipinski definition) is 0. The van der Waals surface area contributed by atoms with Gasteiger partial charge in [-0.2, -0.15) is 0 Å². The van der Waals surface area contributed by atoms with Crippen molar-refractivity contribution in [1.29, 1.82) is 0 Å². The van der Waals surface area contributed by atoms with Crippen molar-refractivity contribution >= 4 is 39.9 Å². The van der Waals surface area contributed by atoms with Crippen LogP contribution < -0.4 is 10.4 Å². The normalized spacial score (nSPS) is 12.0. The van der Waals surface area contributed by atoms with Gasteiger partial charge in [-0.3, -0.25) is 0 Å². The summed E-state index contributed by atoms with van der Waals surface area (Å²) in [6.07, 6.45) is 0. The Hall–Kier alpha value is -2.69. The smallest absolute Gasteiger partial charge is 0.211 e. The first-order valence-electron chi connectivity index (χ1n) is 9.24. The average Bonchev–Trinajstić information content (AvgIpc) is 2.94. The fourth-order valence-electron chi connectivity index (χ4n) is 3.41. The highest BCUT2D eigenvalue weighted by molar-refractivity contribution is 6.35. The van der Waals surface area contributed by atoms with Gasteiger partial charge < -0.3 is 13.9 Å². The molecule has 0 N–H and O–H groups in total. The molecule has 6 heteroatoms. The van der Waals surface area contributed by atoms with Crippen molar-refractivity contribution in [2.75, 3.05) is 7.11 Å². The Morgan fingerprint density at radius 2 is 1.59 bits per heavy atom. The van der Waals surface area contributed by atoms with Crippen LogP contribution in [0.2, 0.25) is 10.0 Å². The third-order valence-electron chi connectivity index (χ3n) is 4.91. The van der Waals surface area contributed by atoms with Gasteiger partial charge in [0.05, 0.1) is 30.4 Å². The maximum Gasteiger partial charge on any atom is 0.211 e. The largest absolute Gasteiger partial charge is 0.497 e. The molecule has 0 atom stereocenters. The molecule has 0 spiro atoms. The molecule has 4 aromatic rings. The van der Waals surface area contributed by atoms with Crippen molar-refractivity contribution < 1.29 is 4.74 Å². The molecule has 0 aliphatic carbocycles. The summed E-state index contributed by atoms with van der Waals surface area (Å²) in [5.41, 5.74) is 6.03. The SMILES string of the molecule is COc1ccc2c(c1)n(Cc1ccc(C)cc1)c(=Nc1cc(Cl)cc(Cl)c1)n2C. The molecule has 0 saturated carbocycles. The van der Waals surface area contributed by atoms with E-state index in [1.165, 1.54) is 11.1 Å². The minimum atomic E-state index is 0.557. The highest BCUT2D eigenvalue weighted by Crippen LogP contribution is 2.25. The van der Waals surface area contributed by atoms with Gasteiger partial charge in [-0.25, -0.2) is 4.99 Å². The molecule has 0 aliphatic rings. The molecule has 0 bridgehead atoms. The molecular weight excluding hydrogens is 405 g/mol.